The van der Waals surface area contributed by atoms with E-state index in [-0.39, 0.29) is 12.4 Å². The van der Waals surface area contributed by atoms with Crippen molar-refractivity contribution < 1.29 is 13.7 Å². The predicted molar refractivity (Wildman–Crippen MR) is 78.5 cm³/mol. The topological polar surface area (TPSA) is 47.3 Å². The molecule has 2 rings (SSSR count). The van der Waals surface area contributed by atoms with Gasteiger partial charge in [0, 0.05) is 18.7 Å². The van der Waals surface area contributed by atoms with Crippen LogP contribution < -0.4 is 10.1 Å². The van der Waals surface area contributed by atoms with Gasteiger partial charge in [-0.25, -0.2) is 4.39 Å². The third kappa shape index (κ3) is 4.86. The number of benzene rings is 1. The summed E-state index contributed by atoms with van der Waals surface area (Å²) in [6, 6.07) is 6.64. The molecular formula is C16H21FN2O2. The summed E-state index contributed by atoms with van der Waals surface area (Å²) in [5.74, 6) is 1.42. The smallest absolute Gasteiger partial charge is 0.174 e. The average Bonchev–Trinajstić information content (AvgIpc) is 2.88. The van der Waals surface area contributed by atoms with Crippen LogP contribution in [0, 0.1) is 18.7 Å². The normalized spacial score (nSPS) is 11.1. The molecule has 0 amide bonds. The number of nitrogens with zero attached hydrogens (tertiary/aromatic N) is 1. The van der Waals surface area contributed by atoms with Crippen LogP contribution in [0.25, 0.3) is 0 Å². The molecule has 2 aromatic rings. The zero-order chi connectivity index (χ0) is 15.2. The molecule has 0 fully saturated rings. The molecule has 0 unspecified atom stereocenters. The third-order valence-corrected chi connectivity index (χ3v) is 2.99. The number of hydrogen-bond donors (Lipinski definition) is 1. The summed E-state index contributed by atoms with van der Waals surface area (Å²) in [5.41, 5.74) is 1.44. The van der Waals surface area contributed by atoms with E-state index in [1.54, 1.807) is 19.1 Å². The molecule has 21 heavy (non-hydrogen) atoms. The summed E-state index contributed by atoms with van der Waals surface area (Å²) in [7, 11) is 0. The molecule has 0 saturated carbocycles. The fourth-order valence-electron chi connectivity index (χ4n) is 1.81. The van der Waals surface area contributed by atoms with Gasteiger partial charge in [0.05, 0.1) is 5.69 Å². The van der Waals surface area contributed by atoms with Crippen LogP contribution in [0.3, 0.4) is 0 Å². The molecule has 5 heteroatoms. The number of rotatable bonds is 7. The summed E-state index contributed by atoms with van der Waals surface area (Å²) in [6.07, 6.45) is 0. The highest BCUT2D eigenvalue weighted by molar-refractivity contribution is 5.28. The molecule has 1 N–H and O–H groups in total. The SMILES string of the molecule is Cc1ccc(OCc2cc(CNCC(C)C)no2)cc1F. The molecular weight excluding hydrogens is 271 g/mol. The second kappa shape index (κ2) is 7.22. The first kappa shape index (κ1) is 15.5. The van der Waals surface area contributed by atoms with Crippen molar-refractivity contribution in [3.63, 3.8) is 0 Å². The van der Waals surface area contributed by atoms with Crippen molar-refractivity contribution in [2.75, 3.05) is 6.54 Å². The van der Waals surface area contributed by atoms with E-state index in [0.717, 1.165) is 12.2 Å². The van der Waals surface area contributed by atoms with E-state index in [9.17, 15) is 4.39 Å². The van der Waals surface area contributed by atoms with Crippen LogP contribution in [0.1, 0.15) is 30.9 Å². The van der Waals surface area contributed by atoms with Crippen molar-refractivity contribution in [1.29, 1.82) is 0 Å². The first-order chi connectivity index (χ1) is 10.0. The Morgan fingerprint density at radius 3 is 2.86 bits per heavy atom. The van der Waals surface area contributed by atoms with Crippen LogP contribution in [-0.4, -0.2) is 11.7 Å². The minimum atomic E-state index is -0.274. The highest BCUT2D eigenvalue weighted by Crippen LogP contribution is 2.17. The lowest BCUT2D eigenvalue weighted by Crippen LogP contribution is -2.19. The molecule has 1 aromatic carbocycles. The van der Waals surface area contributed by atoms with E-state index < -0.39 is 0 Å². The molecule has 1 aromatic heterocycles. The molecule has 0 aliphatic carbocycles. The van der Waals surface area contributed by atoms with Crippen molar-refractivity contribution in [3.05, 3.63) is 47.1 Å². The second-order valence-electron chi connectivity index (χ2n) is 5.51. The predicted octanol–water partition coefficient (Wildman–Crippen LogP) is 3.45. The zero-order valence-corrected chi connectivity index (χ0v) is 12.6. The van der Waals surface area contributed by atoms with E-state index >= 15 is 0 Å². The number of aromatic nitrogens is 1. The maximum absolute atomic E-state index is 13.4. The maximum atomic E-state index is 13.4. The molecule has 0 radical (unpaired) electrons. The number of nitrogens with one attached hydrogen (secondary N) is 1. The van der Waals surface area contributed by atoms with Crippen molar-refractivity contribution in [3.8, 4) is 5.75 Å². The summed E-state index contributed by atoms with van der Waals surface area (Å²) in [4.78, 5) is 0. The van der Waals surface area contributed by atoms with Gasteiger partial charge in [-0.2, -0.15) is 0 Å². The van der Waals surface area contributed by atoms with Gasteiger partial charge < -0.3 is 14.6 Å². The van der Waals surface area contributed by atoms with Crippen LogP contribution in [-0.2, 0) is 13.2 Å². The first-order valence-corrected chi connectivity index (χ1v) is 7.08. The molecule has 1 heterocycles. The van der Waals surface area contributed by atoms with Gasteiger partial charge in [-0.05, 0) is 31.0 Å². The zero-order valence-electron chi connectivity index (χ0n) is 12.6. The summed E-state index contributed by atoms with van der Waals surface area (Å²) >= 11 is 0. The van der Waals surface area contributed by atoms with E-state index in [2.05, 4.69) is 24.3 Å². The Balaban J connectivity index is 1.83. The molecule has 0 saturated heterocycles. The van der Waals surface area contributed by atoms with Crippen molar-refractivity contribution in [2.45, 2.75) is 33.9 Å². The highest BCUT2D eigenvalue weighted by atomic mass is 19.1. The fraction of sp³-hybridized carbons (Fsp3) is 0.438. The molecule has 114 valence electrons. The standard InChI is InChI=1S/C16H21FN2O2/c1-11(2)8-18-9-13-6-15(21-19-13)10-20-14-5-4-12(3)16(17)7-14/h4-7,11,18H,8-10H2,1-3H3. The minimum Gasteiger partial charge on any atom is -0.485 e. The Labute approximate surface area is 124 Å². The number of ether oxygens (including phenoxy) is 1. The number of halogens is 1. The Kier molecular flexibility index (Phi) is 5.33. The third-order valence-electron chi connectivity index (χ3n) is 2.99. The maximum Gasteiger partial charge on any atom is 0.174 e. The largest absolute Gasteiger partial charge is 0.485 e. The molecule has 0 atom stereocenters. The molecule has 0 aliphatic rings. The summed E-state index contributed by atoms with van der Waals surface area (Å²) in [5, 5.41) is 7.25. The van der Waals surface area contributed by atoms with Gasteiger partial charge in [0.15, 0.2) is 5.76 Å². The van der Waals surface area contributed by atoms with Crippen molar-refractivity contribution >= 4 is 0 Å². The number of hydrogen-bond acceptors (Lipinski definition) is 4. The minimum absolute atomic E-state index is 0.236. The van der Waals surface area contributed by atoms with Crippen LogP contribution in [0.15, 0.2) is 28.8 Å². The molecule has 0 aliphatic heterocycles. The van der Waals surface area contributed by atoms with Crippen LogP contribution in [0.5, 0.6) is 5.75 Å². The van der Waals surface area contributed by atoms with Gasteiger partial charge >= 0.3 is 0 Å². The van der Waals surface area contributed by atoms with Gasteiger partial charge in [0.2, 0.25) is 0 Å². The lowest BCUT2D eigenvalue weighted by atomic mass is 10.2. The summed E-state index contributed by atoms with van der Waals surface area (Å²) < 4.78 is 24.1. The second-order valence-corrected chi connectivity index (χ2v) is 5.51. The lowest BCUT2D eigenvalue weighted by molar-refractivity contribution is 0.247. The molecule has 0 spiro atoms. The fourth-order valence-corrected chi connectivity index (χ4v) is 1.81. The van der Waals surface area contributed by atoms with Crippen LogP contribution in [0.2, 0.25) is 0 Å². The quantitative estimate of drug-likeness (QED) is 0.849. The van der Waals surface area contributed by atoms with Crippen LogP contribution in [0.4, 0.5) is 4.39 Å². The van der Waals surface area contributed by atoms with Gasteiger partial charge in [-0.1, -0.05) is 25.1 Å². The Hall–Kier alpha value is -1.88. The van der Waals surface area contributed by atoms with E-state index in [1.807, 2.05) is 6.07 Å². The Bertz CT molecular complexity index is 581. The molecule has 0 bridgehead atoms. The van der Waals surface area contributed by atoms with Gasteiger partial charge in [-0.3, -0.25) is 0 Å². The first-order valence-electron chi connectivity index (χ1n) is 7.08. The number of aryl methyl sites for hydroxylation is 1. The van der Waals surface area contributed by atoms with Gasteiger partial charge in [-0.15, -0.1) is 0 Å². The van der Waals surface area contributed by atoms with Crippen molar-refractivity contribution in [1.82, 2.24) is 10.5 Å². The Morgan fingerprint density at radius 1 is 1.33 bits per heavy atom. The summed E-state index contributed by atoms with van der Waals surface area (Å²) in [6.45, 7) is 7.85. The van der Waals surface area contributed by atoms with E-state index in [0.29, 0.717) is 29.5 Å². The average molecular weight is 292 g/mol. The highest BCUT2D eigenvalue weighted by Gasteiger charge is 2.06. The van der Waals surface area contributed by atoms with E-state index in [1.165, 1.54) is 6.07 Å². The van der Waals surface area contributed by atoms with Crippen molar-refractivity contribution in [2.24, 2.45) is 5.92 Å². The Morgan fingerprint density at radius 2 is 2.14 bits per heavy atom. The lowest BCUT2D eigenvalue weighted by Gasteiger charge is -2.04. The van der Waals surface area contributed by atoms with E-state index in [4.69, 9.17) is 9.26 Å². The molecule has 4 nitrogen and oxygen atoms in total. The monoisotopic (exact) mass is 292 g/mol. The van der Waals surface area contributed by atoms with Crippen LogP contribution >= 0.6 is 0 Å². The van der Waals surface area contributed by atoms with Gasteiger partial charge in [0.1, 0.15) is 18.2 Å². The van der Waals surface area contributed by atoms with Gasteiger partial charge in [0.25, 0.3) is 0 Å².